The molecule has 0 spiro atoms. The van der Waals surface area contributed by atoms with Crippen LogP contribution in [0, 0.1) is 17.7 Å². The first kappa shape index (κ1) is 15.2. The van der Waals surface area contributed by atoms with Crippen molar-refractivity contribution in [3.05, 3.63) is 71.5 Å². The number of nitrogens with zero attached hydrogens (tertiary/aromatic N) is 1. The van der Waals surface area contributed by atoms with E-state index in [9.17, 15) is 9.18 Å². The smallest absolute Gasteiger partial charge is 0.410 e. The molecule has 2 aromatic carbocycles. The van der Waals surface area contributed by atoms with E-state index in [-0.39, 0.29) is 11.9 Å². The summed E-state index contributed by atoms with van der Waals surface area (Å²) in [4.78, 5) is 14.1. The molecule has 0 bridgehead atoms. The van der Waals surface area contributed by atoms with Crippen molar-refractivity contribution in [2.24, 2.45) is 11.8 Å². The molecule has 2 aliphatic rings. The predicted octanol–water partition coefficient (Wildman–Crippen LogP) is 4.20. The number of amides is 1. The standard InChI is InChI=1S/C20H20FNO2/c21-17-8-6-15(7-9-17)18-10-16-11-22(12-19(16)18)20(23)24-13-14-4-2-1-3-5-14/h1-9,16,18-19H,10-13H2/t16-,18-,19+/m1/s1. The summed E-state index contributed by atoms with van der Waals surface area (Å²) in [7, 11) is 0. The van der Waals surface area contributed by atoms with Crippen LogP contribution in [-0.4, -0.2) is 24.1 Å². The average molecular weight is 325 g/mol. The summed E-state index contributed by atoms with van der Waals surface area (Å²) < 4.78 is 18.5. The minimum absolute atomic E-state index is 0.202. The highest BCUT2D eigenvalue weighted by molar-refractivity contribution is 5.68. The molecule has 2 fully saturated rings. The lowest BCUT2D eigenvalue weighted by molar-refractivity contribution is 0.103. The first-order valence-electron chi connectivity index (χ1n) is 8.42. The maximum atomic E-state index is 13.1. The maximum Gasteiger partial charge on any atom is 0.410 e. The molecule has 4 heteroatoms. The van der Waals surface area contributed by atoms with Crippen LogP contribution in [0.1, 0.15) is 23.5 Å². The number of carbonyl (C=O) groups excluding carboxylic acids is 1. The van der Waals surface area contributed by atoms with E-state index in [1.807, 2.05) is 47.4 Å². The Morgan fingerprint density at radius 2 is 1.83 bits per heavy atom. The van der Waals surface area contributed by atoms with Crippen molar-refractivity contribution >= 4 is 6.09 Å². The molecule has 1 saturated carbocycles. The van der Waals surface area contributed by atoms with Gasteiger partial charge in [-0.25, -0.2) is 9.18 Å². The molecular weight excluding hydrogens is 305 g/mol. The fraction of sp³-hybridized carbons (Fsp3) is 0.350. The molecular formula is C20H20FNO2. The number of rotatable bonds is 3. The zero-order chi connectivity index (χ0) is 16.5. The summed E-state index contributed by atoms with van der Waals surface area (Å²) in [5, 5.41) is 0. The first-order valence-corrected chi connectivity index (χ1v) is 8.42. The Bertz CT molecular complexity index is 716. The maximum absolute atomic E-state index is 13.1. The average Bonchev–Trinajstić information content (AvgIpc) is 2.93. The number of carbonyl (C=O) groups is 1. The van der Waals surface area contributed by atoms with Crippen LogP contribution < -0.4 is 0 Å². The van der Waals surface area contributed by atoms with Crippen molar-refractivity contribution in [2.75, 3.05) is 13.1 Å². The Morgan fingerprint density at radius 1 is 1.08 bits per heavy atom. The molecule has 2 aromatic rings. The summed E-state index contributed by atoms with van der Waals surface area (Å²) in [6.07, 6.45) is 0.838. The molecule has 124 valence electrons. The highest BCUT2D eigenvalue weighted by Crippen LogP contribution is 2.51. The van der Waals surface area contributed by atoms with Crippen LogP contribution in [0.2, 0.25) is 0 Å². The topological polar surface area (TPSA) is 29.5 Å². The number of likely N-dealkylation sites (tertiary alicyclic amines) is 1. The minimum atomic E-state index is -0.230. The first-order chi connectivity index (χ1) is 11.7. The van der Waals surface area contributed by atoms with E-state index in [0.29, 0.717) is 24.4 Å². The van der Waals surface area contributed by atoms with Gasteiger partial charge in [-0.15, -0.1) is 0 Å². The number of hydrogen-bond donors (Lipinski definition) is 0. The van der Waals surface area contributed by atoms with Crippen LogP contribution in [0.3, 0.4) is 0 Å². The normalized spacial score (nSPS) is 25.0. The third-order valence-electron chi connectivity index (χ3n) is 5.33. The van der Waals surface area contributed by atoms with Gasteiger partial charge >= 0.3 is 6.09 Å². The van der Waals surface area contributed by atoms with Gasteiger partial charge in [-0.3, -0.25) is 0 Å². The lowest BCUT2D eigenvalue weighted by atomic mass is 9.64. The second-order valence-electron chi connectivity index (χ2n) is 6.76. The Hall–Kier alpha value is -2.36. The van der Waals surface area contributed by atoms with Crippen molar-refractivity contribution in [1.82, 2.24) is 4.90 Å². The number of ether oxygens (including phenoxy) is 1. The fourth-order valence-electron chi connectivity index (χ4n) is 3.96. The van der Waals surface area contributed by atoms with Crippen molar-refractivity contribution in [3.8, 4) is 0 Å². The van der Waals surface area contributed by atoms with Gasteiger partial charge in [-0.2, -0.15) is 0 Å². The summed E-state index contributed by atoms with van der Waals surface area (Å²) >= 11 is 0. The van der Waals surface area contributed by atoms with Crippen LogP contribution in [0.25, 0.3) is 0 Å². The van der Waals surface area contributed by atoms with Crippen LogP contribution in [0.5, 0.6) is 0 Å². The van der Waals surface area contributed by atoms with Crippen LogP contribution in [0.15, 0.2) is 54.6 Å². The molecule has 0 unspecified atom stereocenters. The van der Waals surface area contributed by atoms with Gasteiger partial charge in [0.2, 0.25) is 0 Å². The third kappa shape index (κ3) is 2.88. The van der Waals surface area contributed by atoms with Crippen LogP contribution in [0.4, 0.5) is 9.18 Å². The third-order valence-corrected chi connectivity index (χ3v) is 5.33. The van der Waals surface area contributed by atoms with E-state index < -0.39 is 0 Å². The second kappa shape index (κ2) is 6.27. The fourth-order valence-corrected chi connectivity index (χ4v) is 3.96. The second-order valence-corrected chi connectivity index (χ2v) is 6.76. The lowest BCUT2D eigenvalue weighted by Gasteiger charge is -2.39. The Balaban J connectivity index is 1.33. The number of halogens is 1. The van der Waals surface area contributed by atoms with Gasteiger partial charge in [0.25, 0.3) is 0 Å². The van der Waals surface area contributed by atoms with Crippen LogP contribution >= 0.6 is 0 Å². The zero-order valence-corrected chi connectivity index (χ0v) is 13.4. The monoisotopic (exact) mass is 325 g/mol. The Kier molecular flexibility index (Phi) is 3.97. The van der Waals surface area contributed by atoms with Crippen LogP contribution in [-0.2, 0) is 11.3 Å². The Morgan fingerprint density at radius 3 is 2.58 bits per heavy atom. The van der Waals surface area contributed by atoms with E-state index in [1.165, 1.54) is 17.7 Å². The van der Waals surface area contributed by atoms with E-state index in [2.05, 4.69) is 0 Å². The van der Waals surface area contributed by atoms with Gasteiger partial charge < -0.3 is 9.64 Å². The van der Waals surface area contributed by atoms with Gasteiger partial charge in [0.1, 0.15) is 12.4 Å². The van der Waals surface area contributed by atoms with Gasteiger partial charge in [-0.1, -0.05) is 42.5 Å². The number of benzene rings is 2. The summed E-state index contributed by atoms with van der Waals surface area (Å²) in [6, 6.07) is 16.5. The van der Waals surface area contributed by atoms with Gasteiger partial charge in [0, 0.05) is 13.1 Å². The molecule has 0 aromatic heterocycles. The molecule has 3 atom stereocenters. The highest BCUT2D eigenvalue weighted by atomic mass is 19.1. The van der Waals surface area contributed by atoms with E-state index in [0.717, 1.165) is 25.1 Å². The molecule has 0 radical (unpaired) electrons. The molecule has 1 aliphatic heterocycles. The summed E-state index contributed by atoms with van der Waals surface area (Å²) in [5.74, 6) is 1.25. The summed E-state index contributed by atoms with van der Waals surface area (Å²) in [6.45, 7) is 1.82. The van der Waals surface area contributed by atoms with Crippen molar-refractivity contribution < 1.29 is 13.9 Å². The summed E-state index contributed by atoms with van der Waals surface area (Å²) in [5.41, 5.74) is 2.18. The molecule has 1 heterocycles. The molecule has 3 nitrogen and oxygen atoms in total. The van der Waals surface area contributed by atoms with Gasteiger partial charge in [-0.05, 0) is 47.4 Å². The Labute approximate surface area is 141 Å². The van der Waals surface area contributed by atoms with Crippen molar-refractivity contribution in [3.63, 3.8) is 0 Å². The van der Waals surface area contributed by atoms with Gasteiger partial charge in [0.15, 0.2) is 0 Å². The lowest BCUT2D eigenvalue weighted by Crippen LogP contribution is -2.33. The molecule has 1 amide bonds. The largest absolute Gasteiger partial charge is 0.445 e. The molecule has 1 aliphatic carbocycles. The molecule has 24 heavy (non-hydrogen) atoms. The molecule has 1 saturated heterocycles. The molecule has 0 N–H and O–H groups in total. The minimum Gasteiger partial charge on any atom is -0.445 e. The van der Waals surface area contributed by atoms with E-state index >= 15 is 0 Å². The van der Waals surface area contributed by atoms with E-state index in [1.54, 1.807) is 0 Å². The van der Waals surface area contributed by atoms with Crippen molar-refractivity contribution in [1.29, 1.82) is 0 Å². The van der Waals surface area contributed by atoms with Gasteiger partial charge in [0.05, 0.1) is 0 Å². The van der Waals surface area contributed by atoms with E-state index in [4.69, 9.17) is 4.74 Å². The molecule has 4 rings (SSSR count). The number of fused-ring (bicyclic) bond motifs is 1. The number of hydrogen-bond acceptors (Lipinski definition) is 2. The highest BCUT2D eigenvalue weighted by Gasteiger charge is 2.48. The SMILES string of the molecule is O=C(OCc1ccccc1)N1C[C@H]2C[C@H](c3ccc(F)cc3)[C@H]2C1. The quantitative estimate of drug-likeness (QED) is 0.846. The predicted molar refractivity (Wildman–Crippen MR) is 88.9 cm³/mol. The van der Waals surface area contributed by atoms with Crippen molar-refractivity contribution in [2.45, 2.75) is 18.9 Å². The zero-order valence-electron chi connectivity index (χ0n) is 13.4.